The van der Waals surface area contributed by atoms with Crippen molar-refractivity contribution in [1.29, 1.82) is 0 Å². The summed E-state index contributed by atoms with van der Waals surface area (Å²) in [5.41, 5.74) is 4.14. The molecule has 0 aliphatic carbocycles. The molecule has 0 aliphatic rings. The second-order valence-electron chi connectivity index (χ2n) is 9.56. The van der Waals surface area contributed by atoms with Gasteiger partial charge in [-0.15, -0.1) is 0 Å². The number of amides is 1. The van der Waals surface area contributed by atoms with E-state index in [4.69, 9.17) is 5.10 Å². The number of nitrogens with zero attached hydrogens (tertiary/aromatic N) is 5. The van der Waals surface area contributed by atoms with Gasteiger partial charge in [0.15, 0.2) is 5.82 Å². The zero-order valence-electron chi connectivity index (χ0n) is 21.7. The second-order valence-corrected chi connectivity index (χ2v) is 9.56. The average Bonchev–Trinajstić information content (AvgIpc) is 3.71. The van der Waals surface area contributed by atoms with E-state index in [0.717, 1.165) is 17.6 Å². The molecule has 1 amide bonds. The number of nitrogens with one attached hydrogen (secondary N) is 2. The number of benzene rings is 2. The Morgan fingerprint density at radius 2 is 1.74 bits per heavy atom. The second kappa shape index (κ2) is 10.4. The first-order chi connectivity index (χ1) is 19.1. The molecule has 0 radical (unpaired) electrons. The fraction of sp³-hybridized carbons (Fsp3) is 0.200. The molecule has 39 heavy (non-hydrogen) atoms. The Labute approximate surface area is 224 Å². The smallest absolute Gasteiger partial charge is 0.280 e. The maximum Gasteiger partial charge on any atom is 0.280 e. The van der Waals surface area contributed by atoms with Crippen LogP contribution in [0, 0.1) is 6.92 Å². The van der Waals surface area contributed by atoms with Crippen LogP contribution < -0.4 is 10.9 Å². The van der Waals surface area contributed by atoms with Gasteiger partial charge in [-0.1, -0.05) is 36.4 Å². The molecule has 196 valence electrons. The Morgan fingerprint density at radius 1 is 0.974 bits per heavy atom. The number of hydrogen-bond donors (Lipinski definition) is 2. The van der Waals surface area contributed by atoms with Gasteiger partial charge in [0.05, 0.1) is 11.4 Å². The summed E-state index contributed by atoms with van der Waals surface area (Å²) in [7, 11) is 0. The maximum atomic E-state index is 13.7. The monoisotopic (exact) mass is 519 g/mol. The molecular weight excluding hydrogens is 490 g/mol. The van der Waals surface area contributed by atoms with Gasteiger partial charge in [-0.05, 0) is 55.7 Å². The van der Waals surface area contributed by atoms with Crippen molar-refractivity contribution in [2.45, 2.75) is 32.7 Å². The molecule has 2 N–H and O–H groups in total. The summed E-state index contributed by atoms with van der Waals surface area (Å²) in [6.45, 7) is 2.76. The van der Waals surface area contributed by atoms with Crippen molar-refractivity contribution in [3.8, 4) is 11.5 Å². The van der Waals surface area contributed by atoms with Crippen LogP contribution in [0.1, 0.15) is 24.1 Å². The van der Waals surface area contributed by atoms with Crippen molar-refractivity contribution < 1.29 is 4.79 Å². The first-order valence-corrected chi connectivity index (χ1v) is 13.1. The van der Waals surface area contributed by atoms with Crippen LogP contribution in [0.3, 0.4) is 0 Å². The molecule has 4 heterocycles. The number of aromatic nitrogens is 6. The van der Waals surface area contributed by atoms with E-state index in [0.29, 0.717) is 48.3 Å². The van der Waals surface area contributed by atoms with E-state index in [9.17, 15) is 9.59 Å². The van der Waals surface area contributed by atoms with Gasteiger partial charge in [0.1, 0.15) is 10.9 Å². The molecular formula is C30H29N7O2. The molecule has 0 spiro atoms. The number of carbonyl (C=O) groups excluding carboxylic acids is 1. The summed E-state index contributed by atoms with van der Waals surface area (Å²) < 4.78 is 5.14. The molecule has 0 aliphatic heterocycles. The zero-order valence-corrected chi connectivity index (χ0v) is 21.7. The van der Waals surface area contributed by atoms with Crippen molar-refractivity contribution in [2.24, 2.45) is 0 Å². The lowest BCUT2D eigenvalue weighted by atomic mass is 10.1. The Balaban J connectivity index is 1.17. The normalized spacial score (nSPS) is 11.4. The lowest BCUT2D eigenvalue weighted by Crippen LogP contribution is -2.28. The van der Waals surface area contributed by atoms with Gasteiger partial charge in [-0.25, -0.2) is 9.36 Å². The van der Waals surface area contributed by atoms with Crippen molar-refractivity contribution in [2.75, 3.05) is 6.54 Å². The van der Waals surface area contributed by atoms with E-state index in [1.807, 2.05) is 90.7 Å². The van der Waals surface area contributed by atoms with Crippen molar-refractivity contribution in [3.05, 3.63) is 107 Å². The number of aromatic amines is 1. The first kappa shape index (κ1) is 24.4. The minimum Gasteiger partial charge on any atom is -0.361 e. The van der Waals surface area contributed by atoms with Crippen LogP contribution >= 0.6 is 0 Å². The lowest BCUT2D eigenvalue weighted by molar-refractivity contribution is -0.121. The molecule has 0 bridgehead atoms. The third-order valence-corrected chi connectivity index (χ3v) is 6.94. The number of para-hydroxylation sites is 2. The van der Waals surface area contributed by atoms with E-state index in [-0.39, 0.29) is 11.5 Å². The number of fused-ring (bicyclic) bond motifs is 2. The lowest BCUT2D eigenvalue weighted by Gasteiger charge is -2.09. The van der Waals surface area contributed by atoms with E-state index in [2.05, 4.69) is 21.5 Å². The van der Waals surface area contributed by atoms with Gasteiger partial charge in [0.25, 0.3) is 5.56 Å². The number of H-pyrrole nitrogens is 1. The van der Waals surface area contributed by atoms with Crippen LogP contribution in [0.15, 0.2) is 90.1 Å². The minimum atomic E-state index is -0.221. The molecule has 2 aromatic carbocycles. The van der Waals surface area contributed by atoms with Crippen LogP contribution in [0.4, 0.5) is 0 Å². The molecule has 9 heteroatoms. The molecule has 0 saturated heterocycles. The minimum absolute atomic E-state index is 0.0365. The number of hydrogen-bond acceptors (Lipinski definition) is 4. The highest BCUT2D eigenvalue weighted by atomic mass is 16.1. The zero-order chi connectivity index (χ0) is 26.8. The first-order valence-electron chi connectivity index (χ1n) is 13.1. The highest BCUT2D eigenvalue weighted by Gasteiger charge is 2.21. The highest BCUT2D eigenvalue weighted by Crippen LogP contribution is 2.24. The number of aryl methyl sites for hydroxylation is 2. The van der Waals surface area contributed by atoms with E-state index in [1.165, 1.54) is 15.6 Å². The third kappa shape index (κ3) is 4.74. The third-order valence-electron chi connectivity index (χ3n) is 6.94. The van der Waals surface area contributed by atoms with E-state index in [1.54, 1.807) is 4.68 Å². The van der Waals surface area contributed by atoms with Crippen LogP contribution in [-0.4, -0.2) is 41.6 Å². The quantitative estimate of drug-likeness (QED) is 0.297. The number of carbonyl (C=O) groups is 1. The van der Waals surface area contributed by atoms with Crippen LogP contribution in [-0.2, 0) is 17.8 Å². The van der Waals surface area contributed by atoms with Gasteiger partial charge < -0.3 is 14.9 Å². The van der Waals surface area contributed by atoms with Crippen molar-refractivity contribution in [3.63, 3.8) is 0 Å². The molecule has 0 atom stereocenters. The van der Waals surface area contributed by atoms with Crippen molar-refractivity contribution >= 4 is 27.7 Å². The Hall–Kier alpha value is -4.92. The molecule has 0 saturated carbocycles. The SMILES string of the molecule is Cc1nn(CCCC(=O)NCCc2c[nH]c3ccccc23)c(=O)c2c(-n3cccc3)n(-c3ccccc3)nc12. The number of rotatable bonds is 9. The molecule has 0 fully saturated rings. The Bertz CT molecular complexity index is 1810. The van der Waals surface area contributed by atoms with Gasteiger partial charge in [-0.3, -0.25) is 9.59 Å². The Kier molecular flexibility index (Phi) is 6.54. The summed E-state index contributed by atoms with van der Waals surface area (Å²) >= 11 is 0. The summed E-state index contributed by atoms with van der Waals surface area (Å²) in [5.74, 6) is 0.631. The fourth-order valence-electron chi connectivity index (χ4n) is 5.03. The molecule has 0 unspecified atom stereocenters. The fourth-order valence-corrected chi connectivity index (χ4v) is 5.03. The van der Waals surface area contributed by atoms with Crippen molar-refractivity contribution in [1.82, 2.24) is 34.4 Å². The standard InChI is InChI=1S/C30H29N7O2/c1-21-28-27(29(35-17-7-8-18-35)37(34-28)23-10-3-2-4-11-23)30(39)36(33-21)19-9-14-26(38)31-16-15-22-20-32-25-13-6-5-12-24(22)25/h2-8,10-13,17-18,20,32H,9,14-16,19H2,1H3,(H,31,38). The predicted molar refractivity (Wildman–Crippen MR) is 151 cm³/mol. The van der Waals surface area contributed by atoms with Gasteiger partial charge in [-0.2, -0.15) is 10.2 Å². The topological polar surface area (TPSA) is 103 Å². The average molecular weight is 520 g/mol. The summed E-state index contributed by atoms with van der Waals surface area (Å²) in [6.07, 6.45) is 7.36. The molecule has 9 nitrogen and oxygen atoms in total. The van der Waals surface area contributed by atoms with Gasteiger partial charge in [0, 0.05) is 49.0 Å². The summed E-state index contributed by atoms with van der Waals surface area (Å²) in [5, 5.41) is 14.0. The molecule has 6 aromatic rings. The summed E-state index contributed by atoms with van der Waals surface area (Å²) in [6, 6.07) is 21.7. The summed E-state index contributed by atoms with van der Waals surface area (Å²) in [4.78, 5) is 29.4. The van der Waals surface area contributed by atoms with Gasteiger partial charge in [0.2, 0.25) is 5.91 Å². The predicted octanol–water partition coefficient (Wildman–Crippen LogP) is 4.30. The Morgan fingerprint density at radius 3 is 2.56 bits per heavy atom. The largest absolute Gasteiger partial charge is 0.361 e. The maximum absolute atomic E-state index is 13.7. The van der Waals surface area contributed by atoms with E-state index < -0.39 is 0 Å². The van der Waals surface area contributed by atoms with Crippen LogP contribution in [0.25, 0.3) is 33.3 Å². The van der Waals surface area contributed by atoms with E-state index >= 15 is 0 Å². The van der Waals surface area contributed by atoms with Crippen LogP contribution in [0.2, 0.25) is 0 Å². The molecule has 4 aromatic heterocycles. The van der Waals surface area contributed by atoms with Crippen LogP contribution in [0.5, 0.6) is 0 Å². The highest BCUT2D eigenvalue weighted by molar-refractivity contribution is 5.88. The van der Waals surface area contributed by atoms with Gasteiger partial charge >= 0.3 is 0 Å². The molecule has 6 rings (SSSR count).